The van der Waals surface area contributed by atoms with Crippen LogP contribution in [0.25, 0.3) is 22.5 Å². The fourth-order valence-corrected chi connectivity index (χ4v) is 2.00. The van der Waals surface area contributed by atoms with Gasteiger partial charge in [-0.2, -0.15) is 10.2 Å². The summed E-state index contributed by atoms with van der Waals surface area (Å²) in [5, 5.41) is 11.3. The normalized spacial score (nSPS) is 10.7. The second-order valence-corrected chi connectivity index (χ2v) is 4.07. The van der Waals surface area contributed by atoms with Crippen molar-refractivity contribution in [3.05, 3.63) is 42.6 Å². The van der Waals surface area contributed by atoms with Crippen molar-refractivity contribution in [1.29, 1.82) is 0 Å². The summed E-state index contributed by atoms with van der Waals surface area (Å²) in [4.78, 5) is 0. The molecule has 3 aromatic rings. The van der Waals surface area contributed by atoms with Gasteiger partial charge in [-0.15, -0.1) is 0 Å². The standard InChI is InChI=1S/C13H13N5/c1-18-13(14)11(9-5-3-2-4-6-9)12(17-18)10-7-8-15-16-10/h2-8H,14H2,1H3,(H,15,16). The van der Waals surface area contributed by atoms with Crippen molar-refractivity contribution in [3.8, 4) is 22.5 Å². The Balaban J connectivity index is 2.26. The number of rotatable bonds is 2. The van der Waals surface area contributed by atoms with Gasteiger partial charge in [0.2, 0.25) is 0 Å². The molecule has 3 rings (SSSR count). The number of H-pyrrole nitrogens is 1. The predicted octanol–water partition coefficient (Wildman–Crippen LogP) is 2.06. The number of hydrogen-bond acceptors (Lipinski definition) is 3. The number of nitrogens with two attached hydrogens (primary N) is 1. The molecule has 0 aliphatic heterocycles. The summed E-state index contributed by atoms with van der Waals surface area (Å²) in [6.07, 6.45) is 1.70. The Morgan fingerprint density at radius 1 is 1.17 bits per heavy atom. The highest BCUT2D eigenvalue weighted by Crippen LogP contribution is 2.34. The highest BCUT2D eigenvalue weighted by molar-refractivity contribution is 5.86. The van der Waals surface area contributed by atoms with Crippen LogP contribution in [0.15, 0.2) is 42.6 Å². The van der Waals surface area contributed by atoms with Crippen LogP contribution < -0.4 is 5.73 Å². The maximum absolute atomic E-state index is 6.11. The number of hydrogen-bond donors (Lipinski definition) is 2. The third-order valence-corrected chi connectivity index (χ3v) is 2.91. The second-order valence-electron chi connectivity index (χ2n) is 4.07. The first kappa shape index (κ1) is 10.6. The number of aryl methyl sites for hydroxylation is 1. The van der Waals surface area contributed by atoms with Crippen LogP contribution in [0, 0.1) is 0 Å². The Bertz CT molecular complexity index is 652. The molecule has 0 fully saturated rings. The number of nitrogens with one attached hydrogen (secondary N) is 1. The van der Waals surface area contributed by atoms with E-state index in [9.17, 15) is 0 Å². The van der Waals surface area contributed by atoms with Gasteiger partial charge in [-0.3, -0.25) is 9.78 Å². The van der Waals surface area contributed by atoms with Crippen molar-refractivity contribution in [2.24, 2.45) is 7.05 Å². The van der Waals surface area contributed by atoms with E-state index in [-0.39, 0.29) is 0 Å². The van der Waals surface area contributed by atoms with Gasteiger partial charge in [-0.05, 0) is 11.6 Å². The first-order valence-electron chi connectivity index (χ1n) is 5.65. The van der Waals surface area contributed by atoms with Gasteiger partial charge in [-0.25, -0.2) is 0 Å². The smallest absolute Gasteiger partial charge is 0.129 e. The Hall–Kier alpha value is -2.56. The number of nitrogens with zero attached hydrogens (tertiary/aromatic N) is 3. The third-order valence-electron chi connectivity index (χ3n) is 2.91. The Morgan fingerprint density at radius 3 is 2.61 bits per heavy atom. The van der Waals surface area contributed by atoms with E-state index >= 15 is 0 Å². The molecular weight excluding hydrogens is 226 g/mol. The van der Waals surface area contributed by atoms with Crippen LogP contribution in [-0.2, 0) is 7.05 Å². The Labute approximate surface area is 104 Å². The van der Waals surface area contributed by atoms with Crippen LogP contribution in [0.2, 0.25) is 0 Å². The molecule has 0 unspecified atom stereocenters. The third kappa shape index (κ3) is 1.57. The van der Waals surface area contributed by atoms with Crippen molar-refractivity contribution in [1.82, 2.24) is 20.0 Å². The van der Waals surface area contributed by atoms with Gasteiger partial charge in [0.05, 0.1) is 11.3 Å². The van der Waals surface area contributed by atoms with Crippen LogP contribution in [-0.4, -0.2) is 20.0 Å². The van der Waals surface area contributed by atoms with Gasteiger partial charge in [0.15, 0.2) is 0 Å². The zero-order valence-corrected chi connectivity index (χ0v) is 9.96. The van der Waals surface area contributed by atoms with Gasteiger partial charge in [0.1, 0.15) is 11.5 Å². The molecule has 0 saturated carbocycles. The van der Waals surface area contributed by atoms with E-state index < -0.39 is 0 Å². The molecule has 2 heterocycles. The monoisotopic (exact) mass is 239 g/mol. The fraction of sp³-hybridized carbons (Fsp3) is 0.0769. The molecule has 0 aliphatic carbocycles. The van der Waals surface area contributed by atoms with E-state index in [2.05, 4.69) is 15.3 Å². The lowest BCUT2D eigenvalue weighted by Crippen LogP contribution is -1.97. The Morgan fingerprint density at radius 2 is 1.94 bits per heavy atom. The zero-order valence-electron chi connectivity index (χ0n) is 9.96. The minimum absolute atomic E-state index is 0.644. The first-order chi connectivity index (χ1) is 8.77. The summed E-state index contributed by atoms with van der Waals surface area (Å²) in [7, 11) is 1.83. The van der Waals surface area contributed by atoms with E-state index in [0.717, 1.165) is 22.5 Å². The van der Waals surface area contributed by atoms with Gasteiger partial charge in [-0.1, -0.05) is 30.3 Å². The number of benzene rings is 1. The predicted molar refractivity (Wildman–Crippen MR) is 70.6 cm³/mol. The summed E-state index contributed by atoms with van der Waals surface area (Å²) >= 11 is 0. The van der Waals surface area contributed by atoms with Crippen molar-refractivity contribution >= 4 is 5.82 Å². The van der Waals surface area contributed by atoms with Crippen molar-refractivity contribution in [2.45, 2.75) is 0 Å². The summed E-state index contributed by atoms with van der Waals surface area (Å²) < 4.78 is 1.68. The highest BCUT2D eigenvalue weighted by atomic mass is 15.3. The quantitative estimate of drug-likeness (QED) is 0.719. The van der Waals surface area contributed by atoms with Gasteiger partial charge < -0.3 is 5.73 Å². The SMILES string of the molecule is Cn1nc(-c2ccn[nH]2)c(-c2ccccc2)c1N. The minimum atomic E-state index is 0.644. The number of aromatic nitrogens is 4. The van der Waals surface area contributed by atoms with Crippen LogP contribution in [0.1, 0.15) is 0 Å². The molecule has 5 nitrogen and oxygen atoms in total. The maximum atomic E-state index is 6.11. The van der Waals surface area contributed by atoms with Crippen LogP contribution in [0.4, 0.5) is 5.82 Å². The van der Waals surface area contributed by atoms with Crippen molar-refractivity contribution in [3.63, 3.8) is 0 Å². The van der Waals surface area contributed by atoms with E-state index in [4.69, 9.17) is 5.73 Å². The molecule has 0 amide bonds. The number of nitrogen functional groups attached to an aromatic ring is 1. The molecule has 1 aromatic carbocycles. The Kier molecular flexibility index (Phi) is 2.37. The minimum Gasteiger partial charge on any atom is -0.383 e. The zero-order chi connectivity index (χ0) is 12.5. The fourth-order valence-electron chi connectivity index (χ4n) is 2.00. The van der Waals surface area contributed by atoms with Gasteiger partial charge in [0, 0.05) is 13.2 Å². The van der Waals surface area contributed by atoms with E-state index in [1.807, 2.05) is 43.4 Å². The molecule has 18 heavy (non-hydrogen) atoms. The summed E-state index contributed by atoms with van der Waals surface area (Å²) in [6.45, 7) is 0. The highest BCUT2D eigenvalue weighted by Gasteiger charge is 2.17. The first-order valence-corrected chi connectivity index (χ1v) is 5.65. The molecule has 3 N–H and O–H groups in total. The molecule has 5 heteroatoms. The van der Waals surface area contributed by atoms with Crippen LogP contribution in [0.3, 0.4) is 0 Å². The summed E-state index contributed by atoms with van der Waals surface area (Å²) in [5.74, 6) is 0.644. The summed E-state index contributed by atoms with van der Waals surface area (Å²) in [5.41, 5.74) is 9.77. The molecule has 0 aliphatic rings. The van der Waals surface area contributed by atoms with Crippen molar-refractivity contribution < 1.29 is 0 Å². The lowest BCUT2D eigenvalue weighted by molar-refractivity contribution is 0.781. The molecule has 0 bridgehead atoms. The lowest BCUT2D eigenvalue weighted by atomic mass is 10.0. The average molecular weight is 239 g/mol. The van der Waals surface area contributed by atoms with Crippen LogP contribution in [0.5, 0.6) is 0 Å². The van der Waals surface area contributed by atoms with Gasteiger partial charge >= 0.3 is 0 Å². The van der Waals surface area contributed by atoms with E-state index in [0.29, 0.717) is 5.82 Å². The molecule has 90 valence electrons. The molecule has 2 aromatic heterocycles. The van der Waals surface area contributed by atoms with Gasteiger partial charge in [0.25, 0.3) is 0 Å². The molecule has 0 saturated heterocycles. The van der Waals surface area contributed by atoms with E-state index in [1.54, 1.807) is 10.9 Å². The molecule has 0 atom stereocenters. The lowest BCUT2D eigenvalue weighted by Gasteiger charge is -2.02. The number of anilines is 1. The van der Waals surface area contributed by atoms with Crippen molar-refractivity contribution in [2.75, 3.05) is 5.73 Å². The second kappa shape index (κ2) is 4.03. The van der Waals surface area contributed by atoms with Crippen LogP contribution >= 0.6 is 0 Å². The molecular formula is C13H13N5. The topological polar surface area (TPSA) is 72.5 Å². The molecule has 0 radical (unpaired) electrons. The van der Waals surface area contributed by atoms with E-state index in [1.165, 1.54) is 0 Å². The average Bonchev–Trinajstić information content (AvgIpc) is 3.00. The largest absolute Gasteiger partial charge is 0.383 e. The summed E-state index contributed by atoms with van der Waals surface area (Å²) in [6, 6.07) is 11.9. The maximum Gasteiger partial charge on any atom is 0.129 e. The molecule has 0 spiro atoms. The number of aromatic amines is 1.